The largest absolute Gasteiger partial charge is 0.166 e. The fourth-order valence-electron chi connectivity index (χ4n) is 1.53. The molecule has 0 aromatic heterocycles. The third-order valence-corrected chi connectivity index (χ3v) is 4.62. The molecule has 0 atom stereocenters. The SMILES string of the molecule is C[Si](Br)c1cccc2ccccc12. The molecule has 0 heterocycles. The molecule has 2 heteroatoms. The average molecular weight is 250 g/mol. The first-order valence-electron chi connectivity index (χ1n) is 4.26. The minimum atomic E-state index is -0.525. The van der Waals surface area contributed by atoms with Crippen molar-refractivity contribution in [3.8, 4) is 0 Å². The highest BCUT2D eigenvalue weighted by Gasteiger charge is 2.06. The van der Waals surface area contributed by atoms with E-state index in [1.54, 1.807) is 0 Å². The molecular formula is C11H10BrSi. The Hall–Kier alpha value is -0.603. The van der Waals surface area contributed by atoms with Gasteiger partial charge in [-0.05, 0) is 16.0 Å². The van der Waals surface area contributed by atoms with Gasteiger partial charge in [0.15, 0.2) is 7.42 Å². The Labute approximate surface area is 87.8 Å². The van der Waals surface area contributed by atoms with E-state index in [9.17, 15) is 0 Å². The van der Waals surface area contributed by atoms with Crippen LogP contribution in [0.1, 0.15) is 0 Å². The van der Waals surface area contributed by atoms with Crippen LogP contribution in [0.25, 0.3) is 10.8 Å². The van der Waals surface area contributed by atoms with Gasteiger partial charge in [0.25, 0.3) is 0 Å². The van der Waals surface area contributed by atoms with E-state index < -0.39 is 7.42 Å². The summed E-state index contributed by atoms with van der Waals surface area (Å²) in [6, 6.07) is 15.1. The standard InChI is InChI=1S/C11H10BrSi/c1-13(12)11-8-4-6-9-5-2-3-7-10(9)11/h2-8H,1H3. The predicted molar refractivity (Wildman–Crippen MR) is 64.1 cm³/mol. The van der Waals surface area contributed by atoms with Crippen molar-refractivity contribution < 1.29 is 0 Å². The molecule has 1 radical (unpaired) electrons. The van der Waals surface area contributed by atoms with E-state index in [0.717, 1.165) is 0 Å². The second kappa shape index (κ2) is 3.64. The van der Waals surface area contributed by atoms with E-state index >= 15 is 0 Å². The van der Waals surface area contributed by atoms with Gasteiger partial charge in [0.05, 0.1) is 0 Å². The van der Waals surface area contributed by atoms with Crippen LogP contribution in [0.2, 0.25) is 6.55 Å². The van der Waals surface area contributed by atoms with Gasteiger partial charge in [-0.3, -0.25) is 0 Å². The lowest BCUT2D eigenvalue weighted by Gasteiger charge is -2.06. The first-order chi connectivity index (χ1) is 6.29. The van der Waals surface area contributed by atoms with E-state index in [-0.39, 0.29) is 0 Å². The minimum absolute atomic E-state index is 0.525. The Morgan fingerprint density at radius 1 is 1.00 bits per heavy atom. The van der Waals surface area contributed by atoms with Crippen molar-refractivity contribution in [1.82, 2.24) is 0 Å². The van der Waals surface area contributed by atoms with Crippen LogP contribution in [0.3, 0.4) is 0 Å². The monoisotopic (exact) mass is 249 g/mol. The zero-order chi connectivity index (χ0) is 9.26. The molecule has 0 aliphatic rings. The maximum atomic E-state index is 3.71. The molecule has 0 nitrogen and oxygen atoms in total. The zero-order valence-corrected chi connectivity index (χ0v) is 10.0. The zero-order valence-electron chi connectivity index (χ0n) is 7.42. The summed E-state index contributed by atoms with van der Waals surface area (Å²) >= 11 is 3.71. The summed E-state index contributed by atoms with van der Waals surface area (Å²) in [5, 5.41) is 4.19. The van der Waals surface area contributed by atoms with Crippen LogP contribution in [0, 0.1) is 0 Å². The Bertz CT molecular complexity index is 418. The van der Waals surface area contributed by atoms with Gasteiger partial charge in [0, 0.05) is 0 Å². The van der Waals surface area contributed by atoms with Crippen LogP contribution in [0.5, 0.6) is 0 Å². The van der Waals surface area contributed by atoms with E-state index in [2.05, 4.69) is 64.3 Å². The number of benzene rings is 2. The second-order valence-corrected chi connectivity index (χ2v) is 8.23. The number of hydrogen-bond acceptors (Lipinski definition) is 0. The Kier molecular flexibility index (Phi) is 2.51. The van der Waals surface area contributed by atoms with Crippen molar-refractivity contribution in [2.45, 2.75) is 6.55 Å². The van der Waals surface area contributed by atoms with Gasteiger partial charge in [0.1, 0.15) is 0 Å². The van der Waals surface area contributed by atoms with Crippen molar-refractivity contribution in [3.63, 3.8) is 0 Å². The molecule has 0 saturated carbocycles. The smallest absolute Gasteiger partial charge is 0.122 e. The quantitative estimate of drug-likeness (QED) is 0.539. The van der Waals surface area contributed by atoms with Gasteiger partial charge in [-0.1, -0.05) is 49.0 Å². The lowest BCUT2D eigenvalue weighted by Crippen LogP contribution is -2.20. The highest BCUT2D eigenvalue weighted by molar-refractivity contribution is 9.25. The lowest BCUT2D eigenvalue weighted by molar-refractivity contribution is 1.78. The van der Waals surface area contributed by atoms with E-state index in [1.165, 1.54) is 16.0 Å². The number of fused-ring (bicyclic) bond motifs is 1. The Morgan fingerprint density at radius 2 is 1.69 bits per heavy atom. The van der Waals surface area contributed by atoms with Crippen LogP contribution in [-0.2, 0) is 0 Å². The highest BCUT2D eigenvalue weighted by atomic mass is 79.9. The van der Waals surface area contributed by atoms with Crippen LogP contribution in [0.15, 0.2) is 42.5 Å². The summed E-state index contributed by atoms with van der Waals surface area (Å²) in [4.78, 5) is 0. The summed E-state index contributed by atoms with van der Waals surface area (Å²) in [6.07, 6.45) is 0. The summed E-state index contributed by atoms with van der Waals surface area (Å²) in [5.74, 6) is 0. The fraction of sp³-hybridized carbons (Fsp3) is 0.0909. The van der Waals surface area contributed by atoms with E-state index in [1.807, 2.05) is 0 Å². The van der Waals surface area contributed by atoms with Crippen LogP contribution in [-0.4, -0.2) is 7.42 Å². The number of halogens is 1. The molecule has 0 bridgehead atoms. The Morgan fingerprint density at radius 3 is 2.46 bits per heavy atom. The molecule has 0 unspecified atom stereocenters. The van der Waals surface area contributed by atoms with Gasteiger partial charge in [-0.15, -0.1) is 15.3 Å². The lowest BCUT2D eigenvalue weighted by atomic mass is 10.1. The third kappa shape index (κ3) is 1.69. The molecule has 0 aliphatic carbocycles. The minimum Gasteiger partial charge on any atom is -0.122 e. The molecular weight excluding hydrogens is 240 g/mol. The first-order valence-corrected chi connectivity index (χ1v) is 8.52. The molecule has 13 heavy (non-hydrogen) atoms. The molecule has 2 aromatic carbocycles. The summed E-state index contributed by atoms with van der Waals surface area (Å²) in [5.41, 5.74) is 0. The summed E-state index contributed by atoms with van der Waals surface area (Å²) < 4.78 is 0. The molecule has 0 fully saturated rings. The van der Waals surface area contributed by atoms with Crippen LogP contribution in [0.4, 0.5) is 0 Å². The van der Waals surface area contributed by atoms with Crippen LogP contribution >= 0.6 is 15.3 Å². The van der Waals surface area contributed by atoms with E-state index in [4.69, 9.17) is 0 Å². The molecule has 0 aliphatic heterocycles. The van der Waals surface area contributed by atoms with Gasteiger partial charge >= 0.3 is 0 Å². The van der Waals surface area contributed by atoms with E-state index in [0.29, 0.717) is 0 Å². The van der Waals surface area contributed by atoms with Crippen molar-refractivity contribution >= 4 is 38.7 Å². The van der Waals surface area contributed by atoms with Gasteiger partial charge < -0.3 is 0 Å². The summed E-state index contributed by atoms with van der Waals surface area (Å²) in [7, 11) is -0.525. The van der Waals surface area contributed by atoms with Crippen LogP contribution < -0.4 is 5.19 Å². The Balaban J connectivity index is 2.76. The van der Waals surface area contributed by atoms with Crippen molar-refractivity contribution in [1.29, 1.82) is 0 Å². The predicted octanol–water partition coefficient (Wildman–Crippen LogP) is 3.06. The fourth-order valence-corrected chi connectivity index (χ4v) is 3.49. The molecule has 0 N–H and O–H groups in total. The van der Waals surface area contributed by atoms with Gasteiger partial charge in [-0.2, -0.15) is 0 Å². The normalized spacial score (nSPS) is 11.0. The molecule has 0 amide bonds. The van der Waals surface area contributed by atoms with Crippen molar-refractivity contribution in [2.75, 3.05) is 0 Å². The number of rotatable bonds is 1. The van der Waals surface area contributed by atoms with Crippen molar-refractivity contribution in [2.24, 2.45) is 0 Å². The van der Waals surface area contributed by atoms with Gasteiger partial charge in [-0.25, -0.2) is 0 Å². The topological polar surface area (TPSA) is 0 Å². The molecule has 2 rings (SSSR count). The van der Waals surface area contributed by atoms with Crippen molar-refractivity contribution in [3.05, 3.63) is 42.5 Å². The van der Waals surface area contributed by atoms with Gasteiger partial charge in [0.2, 0.25) is 0 Å². The number of hydrogen-bond donors (Lipinski definition) is 0. The third-order valence-electron chi connectivity index (χ3n) is 2.16. The second-order valence-electron chi connectivity index (χ2n) is 3.06. The average Bonchev–Trinajstić information content (AvgIpc) is 2.17. The maximum absolute atomic E-state index is 3.71. The maximum Gasteiger partial charge on any atom is 0.166 e. The molecule has 65 valence electrons. The molecule has 0 saturated heterocycles. The highest BCUT2D eigenvalue weighted by Crippen LogP contribution is 2.12. The summed E-state index contributed by atoms with van der Waals surface area (Å²) in [6.45, 7) is 2.26. The molecule has 2 aromatic rings. The first kappa shape index (κ1) is 8.97. The molecule has 0 spiro atoms.